The third kappa shape index (κ3) is 14.5. The molecule has 0 bridgehead atoms. The van der Waals surface area contributed by atoms with Gasteiger partial charge >= 0.3 is 0 Å². The van der Waals surface area contributed by atoms with Crippen molar-refractivity contribution in [1.29, 1.82) is 0 Å². The Morgan fingerprint density at radius 3 is 0.593 bits per heavy atom. The summed E-state index contributed by atoms with van der Waals surface area (Å²) in [4.78, 5) is 21.1. The van der Waals surface area contributed by atoms with Crippen molar-refractivity contribution >= 4 is 0 Å². The molecule has 18 aromatic rings. The predicted octanol–water partition coefficient (Wildman–Crippen LogP) is 27.6. The maximum absolute atomic E-state index is 5.32. The molecule has 2 aromatic heterocycles. The molecule has 0 spiro atoms. The van der Waals surface area contributed by atoms with Crippen molar-refractivity contribution in [1.82, 2.24) is 19.9 Å². The van der Waals surface area contributed by atoms with E-state index in [1.807, 2.05) is 36.4 Å². The van der Waals surface area contributed by atoms with Gasteiger partial charge in [-0.25, -0.2) is 19.9 Å². The summed E-state index contributed by atoms with van der Waals surface area (Å²) in [6.45, 7) is 0. The van der Waals surface area contributed by atoms with Crippen molar-refractivity contribution in [2.24, 2.45) is 0 Å². The molecule has 0 aliphatic rings. The third-order valence-corrected chi connectivity index (χ3v) is 20.0. The molecule has 508 valence electrons. The summed E-state index contributed by atoms with van der Waals surface area (Å²) in [5.41, 5.74) is 32.9. The van der Waals surface area contributed by atoms with E-state index in [0.717, 1.165) is 112 Å². The van der Waals surface area contributed by atoms with E-state index >= 15 is 0 Å². The molecule has 0 unspecified atom stereocenters. The molecule has 0 amide bonds. The summed E-state index contributed by atoms with van der Waals surface area (Å²) in [5, 5.41) is 0. The highest BCUT2D eigenvalue weighted by molar-refractivity contribution is 5.96. The summed E-state index contributed by atoms with van der Waals surface area (Å²) in [7, 11) is 0. The molecule has 0 saturated carbocycles. The second kappa shape index (κ2) is 31.3. The Bertz CT molecular complexity index is 5760. The van der Waals surface area contributed by atoms with E-state index in [9.17, 15) is 0 Å². The zero-order valence-corrected chi connectivity index (χ0v) is 59.4. The first-order valence-corrected chi connectivity index (χ1v) is 36.7. The lowest BCUT2D eigenvalue weighted by molar-refractivity contribution is 1.18. The third-order valence-electron chi connectivity index (χ3n) is 20.0. The Morgan fingerprint density at radius 1 is 0.102 bits per heavy atom. The van der Waals surface area contributed by atoms with Crippen LogP contribution in [0.2, 0.25) is 0 Å². The summed E-state index contributed by atoms with van der Waals surface area (Å²) in [5.74, 6) is 1.38. The fourth-order valence-corrected chi connectivity index (χ4v) is 14.5. The smallest absolute Gasteiger partial charge is 0.161 e. The minimum Gasteiger partial charge on any atom is -0.228 e. The maximum Gasteiger partial charge on any atom is 0.161 e. The molecule has 0 saturated heterocycles. The number of nitrogens with zero attached hydrogens (tertiary/aromatic N) is 4. The first kappa shape index (κ1) is 66.9. The molecule has 2 heterocycles. The van der Waals surface area contributed by atoms with Gasteiger partial charge in [-0.15, -0.1) is 0 Å². The van der Waals surface area contributed by atoms with Crippen molar-refractivity contribution < 1.29 is 0 Å². The summed E-state index contributed by atoms with van der Waals surface area (Å²) >= 11 is 0. The van der Waals surface area contributed by atoms with Gasteiger partial charge in [0.05, 0.1) is 22.8 Å². The van der Waals surface area contributed by atoms with Crippen molar-refractivity contribution in [3.05, 3.63) is 437 Å². The van der Waals surface area contributed by atoms with Crippen molar-refractivity contribution in [2.75, 3.05) is 0 Å². The van der Waals surface area contributed by atoms with Crippen LogP contribution in [-0.4, -0.2) is 19.9 Å². The highest BCUT2D eigenvalue weighted by atomic mass is 14.9. The molecule has 0 fully saturated rings. The van der Waals surface area contributed by atoms with Crippen LogP contribution in [0.25, 0.3) is 179 Å². The SMILES string of the molecule is c1ccc(-c2ccc(-c3ccccc3-c3cc(-c4ccccc4)nc(-c4ccccc4-c4ccc(-c5ccccc5)cc4)n3)cc2)cc1.c1ccc(-c2ccc(-c3ccccc3-c3ccccc3-c3cc(-c4ccccc4-c4ccccc4-c4ccc(-c5ccccc5)cc4)nc(-c4ccccc4)n3)cc2)cc1. The number of benzene rings is 16. The van der Waals surface area contributed by atoms with E-state index < -0.39 is 0 Å². The van der Waals surface area contributed by atoms with Gasteiger partial charge < -0.3 is 0 Å². The molecule has 108 heavy (non-hydrogen) atoms. The average Bonchev–Trinajstić information content (AvgIpc) is 0.775. The highest BCUT2D eigenvalue weighted by Gasteiger charge is 2.22. The van der Waals surface area contributed by atoms with Gasteiger partial charge in [-0.05, 0) is 123 Å². The van der Waals surface area contributed by atoms with E-state index in [-0.39, 0.29) is 0 Å². The molecule has 4 heteroatoms. The molecule has 4 nitrogen and oxygen atoms in total. The van der Waals surface area contributed by atoms with Crippen LogP contribution >= 0.6 is 0 Å². The van der Waals surface area contributed by atoms with Crippen molar-refractivity contribution in [2.45, 2.75) is 0 Å². The minimum absolute atomic E-state index is 0.683. The Morgan fingerprint density at radius 2 is 0.278 bits per heavy atom. The Labute approximate surface area is 631 Å². The molecule has 0 atom stereocenters. The van der Waals surface area contributed by atoms with Crippen LogP contribution in [0, 0.1) is 0 Å². The van der Waals surface area contributed by atoms with Gasteiger partial charge in [0.1, 0.15) is 0 Å². The Kier molecular flexibility index (Phi) is 19.4. The van der Waals surface area contributed by atoms with Gasteiger partial charge in [0.2, 0.25) is 0 Å². The van der Waals surface area contributed by atoms with Gasteiger partial charge in [-0.2, -0.15) is 0 Å². The molecule has 0 aliphatic carbocycles. The van der Waals surface area contributed by atoms with E-state index in [1.165, 1.54) is 55.6 Å². The maximum atomic E-state index is 5.32. The monoisotopic (exact) mass is 1380 g/mol. The largest absolute Gasteiger partial charge is 0.228 e. The van der Waals surface area contributed by atoms with E-state index in [1.54, 1.807) is 0 Å². The summed E-state index contributed by atoms with van der Waals surface area (Å²) in [6, 6.07) is 154. The molecule has 0 radical (unpaired) electrons. The summed E-state index contributed by atoms with van der Waals surface area (Å²) in [6.07, 6.45) is 0. The molecule has 0 N–H and O–H groups in total. The molecule has 0 aliphatic heterocycles. The highest BCUT2D eigenvalue weighted by Crippen LogP contribution is 2.44. The minimum atomic E-state index is 0.683. The number of rotatable bonds is 16. The van der Waals surface area contributed by atoms with Crippen LogP contribution in [0.5, 0.6) is 0 Å². The molecular formula is C104H72N4. The van der Waals surface area contributed by atoms with Crippen LogP contribution < -0.4 is 0 Å². The van der Waals surface area contributed by atoms with Crippen molar-refractivity contribution in [3.63, 3.8) is 0 Å². The number of hydrogen-bond donors (Lipinski definition) is 0. The van der Waals surface area contributed by atoms with Crippen LogP contribution in [0.15, 0.2) is 437 Å². The topological polar surface area (TPSA) is 51.6 Å². The van der Waals surface area contributed by atoms with Crippen molar-refractivity contribution in [3.8, 4) is 179 Å². The molecular weight excluding hydrogens is 1310 g/mol. The van der Waals surface area contributed by atoms with Gasteiger partial charge in [0, 0.05) is 33.4 Å². The second-order valence-corrected chi connectivity index (χ2v) is 26.7. The number of aromatic nitrogens is 4. The standard InChI is InChI=1S/C58H40N2.C46H32N2/c1-4-18-41(19-5-1)43-32-36-45(37-33-43)48-24-10-12-26-50(48)52-28-14-16-30-54(52)56-40-57(60-58(59-56)47-22-8-3-9-23-47)55-31-17-15-29-53(55)51-27-13-11-25-49(51)46-38-34-44(35-39-46)42-20-6-2-7-21-42;1-4-14-33(15-5-1)35-24-28-37(29-25-35)40-20-10-12-22-42(40)45-32-44(39-18-8-3-9-19-39)47-46(48-45)43-23-13-11-21-41(43)38-30-26-36(27-31-38)34-16-6-2-7-17-34/h1-40H;1-32H. The van der Waals surface area contributed by atoms with Gasteiger partial charge in [-0.1, -0.05) is 425 Å². The van der Waals surface area contributed by atoms with E-state index in [4.69, 9.17) is 19.9 Å². The lowest BCUT2D eigenvalue weighted by Gasteiger charge is -2.17. The van der Waals surface area contributed by atoms with E-state index in [2.05, 4.69) is 400 Å². The van der Waals surface area contributed by atoms with Gasteiger partial charge in [0.25, 0.3) is 0 Å². The van der Waals surface area contributed by atoms with Crippen LogP contribution in [-0.2, 0) is 0 Å². The zero-order valence-electron chi connectivity index (χ0n) is 59.4. The zero-order chi connectivity index (χ0) is 72.2. The fourth-order valence-electron chi connectivity index (χ4n) is 14.5. The Balaban J connectivity index is 0.000000162. The van der Waals surface area contributed by atoms with Crippen LogP contribution in [0.3, 0.4) is 0 Å². The van der Waals surface area contributed by atoms with E-state index in [0.29, 0.717) is 11.6 Å². The predicted molar refractivity (Wildman–Crippen MR) is 451 cm³/mol. The normalized spacial score (nSPS) is 11.0. The lowest BCUT2D eigenvalue weighted by atomic mass is 9.89. The number of hydrogen-bond acceptors (Lipinski definition) is 4. The average molecular weight is 1380 g/mol. The van der Waals surface area contributed by atoms with Gasteiger partial charge in [0.15, 0.2) is 11.6 Å². The van der Waals surface area contributed by atoms with Crippen LogP contribution in [0.1, 0.15) is 0 Å². The van der Waals surface area contributed by atoms with Crippen LogP contribution in [0.4, 0.5) is 0 Å². The second-order valence-electron chi connectivity index (χ2n) is 26.7. The summed E-state index contributed by atoms with van der Waals surface area (Å²) < 4.78 is 0. The first-order chi connectivity index (χ1) is 53.6. The molecule has 16 aromatic carbocycles. The fraction of sp³-hybridized carbons (Fsp3) is 0. The molecule has 18 rings (SSSR count). The van der Waals surface area contributed by atoms with Gasteiger partial charge in [-0.3, -0.25) is 0 Å². The quantitative estimate of drug-likeness (QED) is 0.0967. The first-order valence-electron chi connectivity index (χ1n) is 36.7. The lowest BCUT2D eigenvalue weighted by Crippen LogP contribution is -1.98. The Hall–Kier alpha value is -14.3.